The van der Waals surface area contributed by atoms with Gasteiger partial charge in [0.1, 0.15) is 0 Å². The number of amides is 1. The van der Waals surface area contributed by atoms with Crippen molar-refractivity contribution in [2.24, 2.45) is 0 Å². The van der Waals surface area contributed by atoms with Crippen LogP contribution in [0.5, 0.6) is 0 Å². The quantitative estimate of drug-likeness (QED) is 0.356. The Kier molecular flexibility index (Phi) is 5.43. The smallest absolute Gasteiger partial charge is 0.352 e. The van der Waals surface area contributed by atoms with Crippen LogP contribution in [0, 0.1) is 0 Å². The third-order valence-corrected chi connectivity index (χ3v) is 2.97. The topological polar surface area (TPSA) is 75.2 Å². The Morgan fingerprint density at radius 1 is 1.45 bits per heavy atom. The maximum atomic E-state index is 11.9. The summed E-state index contributed by atoms with van der Waals surface area (Å²) in [5.74, 6) is -0.523. The molecule has 1 aromatic carbocycles. The maximum Gasteiger partial charge on any atom is 0.352 e. The van der Waals surface area contributed by atoms with E-state index in [1.54, 1.807) is 0 Å². The van der Waals surface area contributed by atoms with Gasteiger partial charge < -0.3 is 10.3 Å². The lowest BCUT2D eigenvalue weighted by Gasteiger charge is -2.27. The summed E-state index contributed by atoms with van der Waals surface area (Å²) in [5, 5.41) is 1.16. The monoisotopic (exact) mass is 275 g/mol. The van der Waals surface area contributed by atoms with Crippen LogP contribution >= 0.6 is 0 Å². The van der Waals surface area contributed by atoms with Gasteiger partial charge in [0.05, 0.1) is 6.54 Å². The highest BCUT2D eigenvalue weighted by atomic mass is 16.8. The summed E-state index contributed by atoms with van der Waals surface area (Å²) in [5.41, 5.74) is 9.41. The number of benzene rings is 1. The van der Waals surface area contributed by atoms with Gasteiger partial charge in [0.15, 0.2) is 6.29 Å². The number of carbonyl (C=O) groups is 1. The molecule has 0 radical (unpaired) electrons. The Bertz CT molecular complexity index is 480. The number of hydrogen-bond donors (Lipinski definition) is 0. The number of nitrogens with zero attached hydrogens (tertiary/aromatic N) is 3. The van der Waals surface area contributed by atoms with Gasteiger partial charge in [0, 0.05) is 13.0 Å². The number of hydroxylamine groups is 2. The van der Waals surface area contributed by atoms with Gasteiger partial charge >= 0.3 is 12.1 Å². The molecule has 0 saturated carbocycles. The van der Waals surface area contributed by atoms with Crippen molar-refractivity contribution in [3.8, 4) is 0 Å². The Balaban J connectivity index is 2.03. The first-order chi connectivity index (χ1) is 9.79. The second-order valence-electron chi connectivity index (χ2n) is 4.51. The van der Waals surface area contributed by atoms with E-state index in [0.29, 0.717) is 6.61 Å². The molecule has 0 aliphatic carbocycles. The SMILES string of the molecule is [N-]=[N+]=CC(=O)N(Cc1ccccc1)OC1CCCCO1. The van der Waals surface area contributed by atoms with Crippen LogP contribution < -0.4 is 0 Å². The molecule has 0 N–H and O–H groups in total. The molecule has 1 aliphatic heterocycles. The molecule has 1 unspecified atom stereocenters. The molecule has 1 amide bonds. The molecule has 6 nitrogen and oxygen atoms in total. The third-order valence-electron chi connectivity index (χ3n) is 2.97. The molecule has 1 atom stereocenters. The van der Waals surface area contributed by atoms with Crippen LogP contribution in [0.2, 0.25) is 0 Å². The van der Waals surface area contributed by atoms with Crippen LogP contribution in [-0.2, 0) is 20.9 Å². The van der Waals surface area contributed by atoms with E-state index in [-0.39, 0.29) is 6.54 Å². The fourth-order valence-electron chi connectivity index (χ4n) is 1.97. The van der Waals surface area contributed by atoms with Crippen molar-refractivity contribution in [2.75, 3.05) is 6.61 Å². The lowest BCUT2D eigenvalue weighted by molar-refractivity contribution is -0.280. The molecule has 1 aromatic rings. The molecule has 1 saturated heterocycles. The zero-order valence-corrected chi connectivity index (χ0v) is 11.1. The number of carbonyl (C=O) groups excluding carboxylic acids is 1. The summed E-state index contributed by atoms with van der Waals surface area (Å²) in [6.07, 6.45) is 3.14. The summed E-state index contributed by atoms with van der Waals surface area (Å²) in [6, 6.07) is 9.45. The molecule has 0 spiro atoms. The fourth-order valence-corrected chi connectivity index (χ4v) is 1.97. The molecule has 0 aromatic heterocycles. The molecule has 1 heterocycles. The molecular formula is C14H17N3O3. The second kappa shape index (κ2) is 7.55. The van der Waals surface area contributed by atoms with Gasteiger partial charge in [-0.1, -0.05) is 30.3 Å². The predicted octanol–water partition coefficient (Wildman–Crippen LogP) is 1.77. The van der Waals surface area contributed by atoms with Gasteiger partial charge in [-0.3, -0.25) is 4.79 Å². The number of hydrogen-bond acceptors (Lipinski definition) is 3. The first-order valence-corrected chi connectivity index (χ1v) is 6.61. The summed E-state index contributed by atoms with van der Waals surface area (Å²) < 4.78 is 5.45. The summed E-state index contributed by atoms with van der Waals surface area (Å²) in [6.45, 7) is 0.900. The minimum atomic E-state index is -0.523. The van der Waals surface area contributed by atoms with E-state index >= 15 is 0 Å². The largest absolute Gasteiger partial charge is 0.361 e. The number of ether oxygens (including phenoxy) is 1. The fraction of sp³-hybridized carbons (Fsp3) is 0.429. The third kappa shape index (κ3) is 4.28. The van der Waals surface area contributed by atoms with Crippen molar-refractivity contribution in [2.45, 2.75) is 32.1 Å². The van der Waals surface area contributed by atoms with Crippen molar-refractivity contribution >= 4 is 12.1 Å². The zero-order valence-electron chi connectivity index (χ0n) is 11.1. The van der Waals surface area contributed by atoms with E-state index in [1.165, 1.54) is 0 Å². The van der Waals surface area contributed by atoms with Crippen LogP contribution in [0.25, 0.3) is 5.53 Å². The zero-order chi connectivity index (χ0) is 14.2. The van der Waals surface area contributed by atoms with Crippen LogP contribution in [0.3, 0.4) is 0 Å². The molecule has 1 aliphatic rings. The van der Waals surface area contributed by atoms with E-state index < -0.39 is 12.2 Å². The van der Waals surface area contributed by atoms with Crippen molar-refractivity contribution in [3.63, 3.8) is 0 Å². The summed E-state index contributed by atoms with van der Waals surface area (Å²) in [7, 11) is 0. The number of rotatable bonds is 5. The average Bonchev–Trinajstić information content (AvgIpc) is 2.49. The molecule has 0 bridgehead atoms. The minimum Gasteiger partial charge on any atom is -0.361 e. The van der Waals surface area contributed by atoms with Gasteiger partial charge in [-0.05, 0) is 18.4 Å². The molecule has 6 heteroatoms. The van der Waals surface area contributed by atoms with Gasteiger partial charge in [0.2, 0.25) is 0 Å². The second-order valence-corrected chi connectivity index (χ2v) is 4.51. The first kappa shape index (κ1) is 14.4. The van der Waals surface area contributed by atoms with E-state index in [9.17, 15) is 4.79 Å². The van der Waals surface area contributed by atoms with Crippen LogP contribution in [0.4, 0.5) is 0 Å². The van der Waals surface area contributed by atoms with Crippen LogP contribution in [0.15, 0.2) is 30.3 Å². The van der Waals surface area contributed by atoms with Gasteiger partial charge in [-0.15, -0.1) is 0 Å². The van der Waals surface area contributed by atoms with Crippen LogP contribution in [-0.4, -0.2) is 34.9 Å². The van der Waals surface area contributed by atoms with Crippen LogP contribution in [0.1, 0.15) is 24.8 Å². The van der Waals surface area contributed by atoms with Gasteiger partial charge in [-0.25, -0.2) is 9.90 Å². The molecule has 2 rings (SSSR count). The summed E-state index contributed by atoms with van der Waals surface area (Å²) >= 11 is 0. The molecule has 1 fully saturated rings. The minimum absolute atomic E-state index is 0.269. The normalized spacial score (nSPS) is 18.1. The van der Waals surface area contributed by atoms with Crippen molar-refractivity contribution < 1.29 is 19.2 Å². The maximum absolute atomic E-state index is 11.9. The van der Waals surface area contributed by atoms with Crippen molar-refractivity contribution in [1.29, 1.82) is 0 Å². The van der Waals surface area contributed by atoms with E-state index in [1.807, 2.05) is 30.3 Å². The lowest BCUT2D eigenvalue weighted by atomic mass is 10.2. The van der Waals surface area contributed by atoms with Crippen molar-refractivity contribution in [1.82, 2.24) is 5.06 Å². The molecular weight excluding hydrogens is 258 g/mol. The predicted molar refractivity (Wildman–Crippen MR) is 71.4 cm³/mol. The van der Waals surface area contributed by atoms with E-state index in [0.717, 1.165) is 36.1 Å². The average molecular weight is 275 g/mol. The highest BCUT2D eigenvalue weighted by molar-refractivity contribution is 6.23. The Labute approximate surface area is 117 Å². The van der Waals surface area contributed by atoms with Crippen molar-refractivity contribution in [3.05, 3.63) is 41.4 Å². The molecule has 20 heavy (non-hydrogen) atoms. The Morgan fingerprint density at radius 2 is 2.25 bits per heavy atom. The van der Waals surface area contributed by atoms with Gasteiger partial charge in [0.25, 0.3) is 0 Å². The Hall–Kier alpha value is -2.01. The van der Waals surface area contributed by atoms with Gasteiger partial charge in [-0.2, -0.15) is 4.79 Å². The Morgan fingerprint density at radius 3 is 2.90 bits per heavy atom. The summed E-state index contributed by atoms with van der Waals surface area (Å²) in [4.78, 5) is 20.2. The molecule has 106 valence electrons. The lowest BCUT2D eigenvalue weighted by Crippen LogP contribution is -2.38. The van der Waals surface area contributed by atoms with E-state index in [2.05, 4.69) is 4.79 Å². The van der Waals surface area contributed by atoms with E-state index in [4.69, 9.17) is 15.1 Å². The highest BCUT2D eigenvalue weighted by Gasteiger charge is 2.23. The standard InChI is InChI=1S/C14H17N3O3/c15-16-10-13(18)17(11-12-6-2-1-3-7-12)20-14-8-4-5-9-19-14/h1-3,6-7,10,14H,4-5,8-9,11H2. The highest BCUT2D eigenvalue weighted by Crippen LogP contribution is 2.16. The first-order valence-electron chi connectivity index (χ1n) is 6.61.